The number of benzene rings is 3. The fourth-order valence-electron chi connectivity index (χ4n) is 5.57. The normalized spacial score (nSPS) is 14.8. The monoisotopic (exact) mass is 482 g/mol. The first-order valence-electron chi connectivity index (χ1n) is 12.3. The summed E-state index contributed by atoms with van der Waals surface area (Å²) in [6, 6.07) is 18.5. The van der Waals surface area contributed by atoms with Crippen LogP contribution in [0.4, 0.5) is 16.2 Å². The quantitative estimate of drug-likeness (QED) is 0.283. The van der Waals surface area contributed by atoms with E-state index < -0.39 is 0 Å². The van der Waals surface area contributed by atoms with E-state index in [1.165, 1.54) is 22.3 Å². The molecular weight excluding hydrogens is 452 g/mol. The van der Waals surface area contributed by atoms with Crippen LogP contribution < -0.4 is 10.6 Å². The number of hydrogen-bond acceptors (Lipinski definition) is 5. The third-order valence-electron chi connectivity index (χ3n) is 7.45. The molecule has 1 heterocycles. The van der Waals surface area contributed by atoms with E-state index in [0.29, 0.717) is 45.0 Å². The first-order chi connectivity index (χ1) is 17.5. The van der Waals surface area contributed by atoms with E-state index in [1.807, 2.05) is 44.2 Å². The minimum atomic E-state index is -0.282. The van der Waals surface area contributed by atoms with Crippen molar-refractivity contribution in [3.63, 3.8) is 0 Å². The zero-order chi connectivity index (χ0) is 25.2. The lowest BCUT2D eigenvalue weighted by Gasteiger charge is -2.37. The van der Waals surface area contributed by atoms with E-state index in [9.17, 15) is 4.79 Å². The van der Waals surface area contributed by atoms with E-state index >= 15 is 0 Å². The zero-order valence-electron chi connectivity index (χ0n) is 20.6. The molecular formula is C28H30N6O2. The van der Waals surface area contributed by atoms with E-state index in [2.05, 4.69) is 39.2 Å². The van der Waals surface area contributed by atoms with Crippen molar-refractivity contribution in [2.75, 3.05) is 37.7 Å². The van der Waals surface area contributed by atoms with Crippen LogP contribution in [0, 0.1) is 13.8 Å². The van der Waals surface area contributed by atoms with Gasteiger partial charge in [-0.2, -0.15) is 0 Å². The molecule has 1 aliphatic carbocycles. The average molecular weight is 483 g/mol. The van der Waals surface area contributed by atoms with Crippen LogP contribution in [-0.2, 0) is 11.3 Å². The van der Waals surface area contributed by atoms with Crippen LogP contribution in [0.2, 0.25) is 0 Å². The van der Waals surface area contributed by atoms with Crippen molar-refractivity contribution in [1.29, 1.82) is 0 Å². The fourth-order valence-corrected chi connectivity index (χ4v) is 5.57. The molecule has 0 aromatic heterocycles. The highest BCUT2D eigenvalue weighted by atomic mass is 16.6. The lowest BCUT2D eigenvalue weighted by Crippen LogP contribution is -2.49. The van der Waals surface area contributed by atoms with Gasteiger partial charge in [-0.25, -0.2) is 4.79 Å². The molecule has 0 bridgehead atoms. The summed E-state index contributed by atoms with van der Waals surface area (Å²) in [6.45, 7) is 7.13. The zero-order valence-corrected chi connectivity index (χ0v) is 20.6. The fraction of sp³-hybridized carbons (Fsp3) is 0.321. The number of azide groups is 1. The van der Waals surface area contributed by atoms with Crippen LogP contribution in [0.3, 0.4) is 0 Å². The maximum atomic E-state index is 13.0. The molecule has 0 spiro atoms. The minimum absolute atomic E-state index is 0.0473. The van der Waals surface area contributed by atoms with Gasteiger partial charge in [-0.15, -0.1) is 0 Å². The van der Waals surface area contributed by atoms with Crippen LogP contribution in [-0.4, -0.2) is 43.8 Å². The summed E-state index contributed by atoms with van der Waals surface area (Å²) in [7, 11) is 0. The second kappa shape index (κ2) is 9.93. The average Bonchev–Trinajstić information content (AvgIpc) is 3.23. The summed E-state index contributed by atoms with van der Waals surface area (Å²) < 4.78 is 5.85. The summed E-state index contributed by atoms with van der Waals surface area (Å²) in [5.74, 6) is 0.0473. The van der Waals surface area contributed by atoms with Gasteiger partial charge in [0.2, 0.25) is 0 Å². The number of nitrogens with zero attached hydrogens (tertiary/aromatic N) is 5. The van der Waals surface area contributed by atoms with Crippen molar-refractivity contribution in [1.82, 2.24) is 4.90 Å². The number of ether oxygens (including phenoxy) is 1. The molecule has 1 amide bonds. The van der Waals surface area contributed by atoms with Crippen LogP contribution in [0.25, 0.3) is 21.6 Å². The number of piperazine rings is 1. The molecule has 36 heavy (non-hydrogen) atoms. The summed E-state index contributed by atoms with van der Waals surface area (Å²) in [6.07, 6.45) is -0.282. The van der Waals surface area contributed by atoms with Gasteiger partial charge in [-0.3, -0.25) is 0 Å². The Bertz CT molecular complexity index is 1310. The van der Waals surface area contributed by atoms with Gasteiger partial charge >= 0.3 is 6.09 Å². The molecule has 1 aliphatic heterocycles. The molecule has 1 fully saturated rings. The Kier molecular flexibility index (Phi) is 6.55. The molecule has 0 saturated carbocycles. The number of anilines is 1. The van der Waals surface area contributed by atoms with Crippen LogP contribution >= 0.6 is 0 Å². The smallest absolute Gasteiger partial charge is 0.409 e. The van der Waals surface area contributed by atoms with Gasteiger partial charge in [-0.1, -0.05) is 53.6 Å². The molecule has 3 aromatic carbocycles. The summed E-state index contributed by atoms with van der Waals surface area (Å²) >= 11 is 0. The van der Waals surface area contributed by atoms with Gasteiger partial charge in [-0.05, 0) is 64.4 Å². The van der Waals surface area contributed by atoms with E-state index in [-0.39, 0.29) is 12.0 Å². The molecule has 2 N–H and O–H groups in total. The predicted molar refractivity (Wildman–Crippen MR) is 141 cm³/mol. The molecule has 8 heteroatoms. The number of hydrogen-bond donors (Lipinski definition) is 1. The lowest BCUT2D eigenvalue weighted by atomic mass is 9.98. The second-order valence-electron chi connectivity index (χ2n) is 9.33. The lowest BCUT2D eigenvalue weighted by molar-refractivity contribution is 0.0976. The van der Waals surface area contributed by atoms with Crippen molar-refractivity contribution in [3.05, 3.63) is 92.9 Å². The molecule has 184 valence electrons. The molecule has 0 radical (unpaired) electrons. The highest BCUT2D eigenvalue weighted by Crippen LogP contribution is 2.44. The molecule has 2 aliphatic rings. The number of nitrogens with two attached hydrogens (primary N) is 1. The highest BCUT2D eigenvalue weighted by Gasteiger charge is 2.31. The molecule has 0 atom stereocenters. The van der Waals surface area contributed by atoms with Crippen LogP contribution in [0.15, 0.2) is 59.7 Å². The Morgan fingerprint density at radius 1 is 1.03 bits per heavy atom. The Balaban J connectivity index is 1.26. The van der Waals surface area contributed by atoms with E-state index in [4.69, 9.17) is 16.0 Å². The van der Waals surface area contributed by atoms with Crippen molar-refractivity contribution in [2.45, 2.75) is 26.3 Å². The van der Waals surface area contributed by atoms with Gasteiger partial charge in [0.05, 0.1) is 0 Å². The number of amides is 1. The first kappa shape index (κ1) is 23.7. The largest absolute Gasteiger partial charge is 0.448 e. The predicted octanol–water partition coefficient (Wildman–Crippen LogP) is 5.78. The Morgan fingerprint density at radius 2 is 1.64 bits per heavy atom. The number of fused-ring (bicyclic) bond motifs is 3. The van der Waals surface area contributed by atoms with Crippen molar-refractivity contribution in [3.8, 4) is 11.1 Å². The molecule has 3 aromatic rings. The third kappa shape index (κ3) is 4.15. The number of carbonyl (C=O) groups excluding carboxylic acids is 1. The van der Waals surface area contributed by atoms with E-state index in [0.717, 1.165) is 22.4 Å². The molecule has 5 rings (SSSR count). The van der Waals surface area contributed by atoms with E-state index in [1.54, 1.807) is 4.90 Å². The van der Waals surface area contributed by atoms with Gasteiger partial charge in [0.15, 0.2) is 0 Å². The van der Waals surface area contributed by atoms with Gasteiger partial charge in [0, 0.05) is 54.9 Å². The maximum Gasteiger partial charge on any atom is 0.409 e. The number of rotatable bonds is 5. The second-order valence-corrected chi connectivity index (χ2v) is 9.33. The summed E-state index contributed by atoms with van der Waals surface area (Å²) in [5, 5.41) is 3.86. The van der Waals surface area contributed by atoms with Crippen molar-refractivity contribution >= 4 is 17.5 Å². The van der Waals surface area contributed by atoms with Gasteiger partial charge < -0.3 is 20.3 Å². The minimum Gasteiger partial charge on any atom is -0.448 e. The Hall–Kier alpha value is -4.00. The maximum absolute atomic E-state index is 13.0. The van der Waals surface area contributed by atoms with Crippen molar-refractivity contribution in [2.24, 2.45) is 10.8 Å². The third-order valence-corrected chi connectivity index (χ3v) is 7.45. The van der Waals surface area contributed by atoms with Gasteiger partial charge in [0.25, 0.3) is 0 Å². The van der Waals surface area contributed by atoms with Gasteiger partial charge in [0.1, 0.15) is 6.61 Å². The number of carbonyl (C=O) groups is 1. The standard InChI is InChI=1S/C28H30N6O2/c1-18-20(16-29)15-26(31-32-30)19(2)27(18)33-11-13-34(14-12-33)28(35)36-17-25-23-9-5-3-7-21(23)22-8-4-6-10-24(22)25/h3-10,15,25H,11-14,16-17,29H2,1-2H3. The molecule has 1 saturated heterocycles. The topological polar surface area (TPSA) is 108 Å². The van der Waals surface area contributed by atoms with Crippen molar-refractivity contribution < 1.29 is 9.53 Å². The van der Waals surface area contributed by atoms with Crippen LogP contribution in [0.5, 0.6) is 0 Å². The summed E-state index contributed by atoms with van der Waals surface area (Å²) in [4.78, 5) is 20.0. The van der Waals surface area contributed by atoms with Crippen LogP contribution in [0.1, 0.15) is 33.7 Å². The SMILES string of the molecule is Cc1c(CN)cc(N=[N+]=[N-])c(C)c1N1CCN(C(=O)OCC2c3ccccc3-c3ccccc32)CC1. The summed E-state index contributed by atoms with van der Waals surface area (Å²) in [5.41, 5.74) is 24.4. The Labute approximate surface area is 210 Å². The highest BCUT2D eigenvalue weighted by molar-refractivity contribution is 5.79. The molecule has 8 nitrogen and oxygen atoms in total. The Morgan fingerprint density at radius 3 is 2.22 bits per heavy atom. The first-order valence-corrected chi connectivity index (χ1v) is 12.3. The molecule has 0 unspecified atom stereocenters.